The number of nitrogens with one attached hydrogen (secondary N) is 1. The molecular weight excluding hydrogens is 410 g/mol. The average molecular weight is 440 g/mol. The summed E-state index contributed by atoms with van der Waals surface area (Å²) in [6.07, 6.45) is 3.86. The van der Waals surface area contributed by atoms with Crippen LogP contribution in [-0.2, 0) is 30.0 Å². The molecule has 0 aliphatic carbocycles. The number of sulfonamides is 1. The van der Waals surface area contributed by atoms with E-state index in [1.807, 2.05) is 23.7 Å². The van der Waals surface area contributed by atoms with Gasteiger partial charge >= 0.3 is 0 Å². The van der Waals surface area contributed by atoms with E-state index in [2.05, 4.69) is 24.4 Å². The second kappa shape index (κ2) is 8.85. The number of nitrogens with zero attached hydrogens (tertiary/aromatic N) is 2. The van der Waals surface area contributed by atoms with Gasteiger partial charge in [0.25, 0.3) is 5.91 Å². The second-order valence-electron chi connectivity index (χ2n) is 8.13. The molecule has 164 valence electrons. The maximum absolute atomic E-state index is 13.0. The molecule has 6 nitrogen and oxygen atoms in total. The zero-order valence-electron chi connectivity index (χ0n) is 18.1. The molecule has 0 spiro atoms. The largest absolute Gasteiger partial charge is 0.347 e. The molecular formula is C24H29N3O3S. The SMILES string of the molecule is CCc1ccc(CNC(=O)c2cc3cc(S(=O)(=O)N4CCCCC4)ccc3n2C)cc1. The number of benzene rings is 2. The van der Waals surface area contributed by atoms with Gasteiger partial charge in [0.15, 0.2) is 0 Å². The van der Waals surface area contributed by atoms with Gasteiger partial charge < -0.3 is 9.88 Å². The van der Waals surface area contributed by atoms with Crippen molar-refractivity contribution in [2.75, 3.05) is 13.1 Å². The van der Waals surface area contributed by atoms with Gasteiger partial charge in [0.05, 0.1) is 4.90 Å². The van der Waals surface area contributed by atoms with Crippen molar-refractivity contribution in [3.63, 3.8) is 0 Å². The van der Waals surface area contributed by atoms with E-state index in [1.54, 1.807) is 28.6 Å². The van der Waals surface area contributed by atoms with Crippen molar-refractivity contribution in [3.05, 3.63) is 65.4 Å². The highest BCUT2D eigenvalue weighted by Gasteiger charge is 2.26. The molecule has 1 saturated heterocycles. The molecule has 3 aromatic rings. The molecule has 1 aromatic heterocycles. The Balaban J connectivity index is 1.54. The van der Waals surface area contributed by atoms with Crippen molar-refractivity contribution in [1.29, 1.82) is 0 Å². The third kappa shape index (κ3) is 4.38. The van der Waals surface area contributed by atoms with Crippen LogP contribution in [0.25, 0.3) is 10.9 Å². The number of aromatic nitrogens is 1. The quantitative estimate of drug-likeness (QED) is 0.634. The number of fused-ring (bicyclic) bond motifs is 1. The van der Waals surface area contributed by atoms with Crippen molar-refractivity contribution >= 4 is 26.8 Å². The Morgan fingerprint density at radius 3 is 2.32 bits per heavy atom. The molecule has 7 heteroatoms. The molecule has 2 aromatic carbocycles. The molecule has 4 rings (SSSR count). The normalized spacial score (nSPS) is 15.3. The van der Waals surface area contributed by atoms with Crippen LogP contribution in [0.2, 0.25) is 0 Å². The van der Waals surface area contributed by atoms with E-state index >= 15 is 0 Å². The third-order valence-electron chi connectivity index (χ3n) is 6.08. The molecule has 1 amide bonds. The number of hydrogen-bond acceptors (Lipinski definition) is 3. The number of hydrogen-bond donors (Lipinski definition) is 1. The van der Waals surface area contributed by atoms with Crippen molar-refractivity contribution in [1.82, 2.24) is 14.2 Å². The minimum Gasteiger partial charge on any atom is -0.347 e. The monoisotopic (exact) mass is 439 g/mol. The lowest BCUT2D eigenvalue weighted by Gasteiger charge is -2.25. The van der Waals surface area contributed by atoms with Gasteiger partial charge in [0.1, 0.15) is 5.69 Å². The Labute approximate surface area is 183 Å². The van der Waals surface area contributed by atoms with E-state index in [0.717, 1.165) is 42.1 Å². The van der Waals surface area contributed by atoms with Crippen LogP contribution in [0.15, 0.2) is 53.4 Å². The summed E-state index contributed by atoms with van der Waals surface area (Å²) in [5.41, 5.74) is 3.64. The Hall–Kier alpha value is -2.64. The van der Waals surface area contributed by atoms with Gasteiger partial charge in [0.2, 0.25) is 10.0 Å². The lowest BCUT2D eigenvalue weighted by atomic mass is 10.1. The first-order valence-electron chi connectivity index (χ1n) is 10.9. The van der Waals surface area contributed by atoms with Crippen molar-refractivity contribution in [2.45, 2.75) is 44.0 Å². The fraction of sp³-hybridized carbons (Fsp3) is 0.375. The predicted octanol–water partition coefficient (Wildman–Crippen LogP) is 3.85. The molecule has 31 heavy (non-hydrogen) atoms. The molecule has 2 heterocycles. The van der Waals surface area contributed by atoms with Crippen LogP contribution >= 0.6 is 0 Å². The third-order valence-corrected chi connectivity index (χ3v) is 7.98. The van der Waals surface area contributed by atoms with E-state index in [1.165, 1.54) is 5.56 Å². The first kappa shape index (κ1) is 21.6. The Kier molecular flexibility index (Phi) is 6.16. The van der Waals surface area contributed by atoms with Crippen LogP contribution in [0.5, 0.6) is 0 Å². The molecule has 1 aliphatic rings. The lowest BCUT2D eigenvalue weighted by molar-refractivity contribution is 0.0943. The summed E-state index contributed by atoms with van der Waals surface area (Å²) in [7, 11) is -1.68. The van der Waals surface area contributed by atoms with E-state index < -0.39 is 10.0 Å². The van der Waals surface area contributed by atoms with Gasteiger partial charge in [-0.15, -0.1) is 0 Å². The lowest BCUT2D eigenvalue weighted by Crippen LogP contribution is -2.35. The predicted molar refractivity (Wildman–Crippen MR) is 123 cm³/mol. The summed E-state index contributed by atoms with van der Waals surface area (Å²) in [6, 6.07) is 15.1. The number of amides is 1. The maximum atomic E-state index is 13.0. The smallest absolute Gasteiger partial charge is 0.268 e. The van der Waals surface area contributed by atoms with Crippen molar-refractivity contribution < 1.29 is 13.2 Å². The highest BCUT2D eigenvalue weighted by atomic mass is 32.2. The Morgan fingerprint density at radius 1 is 0.968 bits per heavy atom. The summed E-state index contributed by atoms with van der Waals surface area (Å²) in [4.78, 5) is 13.1. The number of aryl methyl sites for hydroxylation is 2. The number of carbonyl (C=O) groups excluding carboxylic acids is 1. The molecule has 0 radical (unpaired) electrons. The molecule has 0 unspecified atom stereocenters. The molecule has 1 N–H and O–H groups in total. The first-order valence-corrected chi connectivity index (χ1v) is 12.3. The van der Waals surface area contributed by atoms with Gasteiger partial charge in [-0.2, -0.15) is 4.31 Å². The highest BCUT2D eigenvalue weighted by molar-refractivity contribution is 7.89. The van der Waals surface area contributed by atoms with Crippen molar-refractivity contribution in [2.24, 2.45) is 7.05 Å². The molecule has 0 atom stereocenters. The molecule has 0 saturated carbocycles. The van der Waals surface area contributed by atoms with Gasteiger partial charge in [-0.25, -0.2) is 8.42 Å². The summed E-state index contributed by atoms with van der Waals surface area (Å²) < 4.78 is 29.4. The topological polar surface area (TPSA) is 71.4 Å². The summed E-state index contributed by atoms with van der Waals surface area (Å²) in [6.45, 7) is 3.70. The highest BCUT2D eigenvalue weighted by Crippen LogP contribution is 2.26. The fourth-order valence-corrected chi connectivity index (χ4v) is 5.68. The van der Waals surface area contributed by atoms with Crippen LogP contribution in [0.1, 0.15) is 47.8 Å². The van der Waals surface area contributed by atoms with Crippen molar-refractivity contribution in [3.8, 4) is 0 Å². The van der Waals surface area contributed by atoms with Gasteiger partial charge in [-0.1, -0.05) is 37.6 Å². The Morgan fingerprint density at radius 2 is 1.65 bits per heavy atom. The molecule has 0 bridgehead atoms. The van der Waals surface area contributed by atoms with Crippen LogP contribution in [-0.4, -0.2) is 36.3 Å². The summed E-state index contributed by atoms with van der Waals surface area (Å²) >= 11 is 0. The zero-order chi connectivity index (χ0) is 22.0. The number of piperidine rings is 1. The molecule has 1 fully saturated rings. The van der Waals surface area contributed by atoms with E-state index in [9.17, 15) is 13.2 Å². The summed E-state index contributed by atoms with van der Waals surface area (Å²) in [5.74, 6) is -0.182. The van der Waals surface area contributed by atoms with Crippen LogP contribution in [0, 0.1) is 0 Å². The summed E-state index contributed by atoms with van der Waals surface area (Å²) in [5, 5.41) is 3.71. The number of rotatable bonds is 6. The molecule has 1 aliphatic heterocycles. The second-order valence-corrected chi connectivity index (χ2v) is 10.1. The fourth-order valence-electron chi connectivity index (χ4n) is 4.13. The number of carbonyl (C=O) groups is 1. The Bertz CT molecular complexity index is 1190. The van der Waals surface area contributed by atoms with Crippen LogP contribution in [0.3, 0.4) is 0 Å². The van der Waals surface area contributed by atoms with E-state index in [-0.39, 0.29) is 10.8 Å². The standard InChI is InChI=1S/C24H29N3O3S/c1-3-18-7-9-19(10-8-18)17-25-24(28)23-16-20-15-21(11-12-22(20)26(23)2)31(29,30)27-13-5-4-6-14-27/h7-12,15-16H,3-6,13-14,17H2,1-2H3,(H,25,28). The van der Waals surface area contributed by atoms with E-state index in [4.69, 9.17) is 0 Å². The average Bonchev–Trinajstić information content (AvgIpc) is 3.14. The minimum atomic E-state index is -3.51. The van der Waals surface area contributed by atoms with E-state index in [0.29, 0.717) is 25.3 Å². The zero-order valence-corrected chi connectivity index (χ0v) is 18.9. The van der Waals surface area contributed by atoms with Gasteiger partial charge in [-0.05, 0) is 54.7 Å². The van der Waals surface area contributed by atoms with Crippen LogP contribution < -0.4 is 5.32 Å². The maximum Gasteiger partial charge on any atom is 0.268 e. The van der Waals surface area contributed by atoms with Crippen LogP contribution in [0.4, 0.5) is 0 Å². The first-order chi connectivity index (χ1) is 14.9. The minimum absolute atomic E-state index is 0.182. The van der Waals surface area contributed by atoms with Gasteiger partial charge in [0, 0.05) is 37.6 Å². The van der Waals surface area contributed by atoms with Gasteiger partial charge in [-0.3, -0.25) is 4.79 Å².